The number of likely N-dealkylation sites (tertiary alicyclic amines) is 1. The zero-order chi connectivity index (χ0) is 21.4. The number of H-pyrrole nitrogens is 1. The van der Waals surface area contributed by atoms with E-state index < -0.39 is 0 Å². The van der Waals surface area contributed by atoms with Crippen molar-refractivity contribution in [3.63, 3.8) is 0 Å². The van der Waals surface area contributed by atoms with Crippen molar-refractivity contribution >= 4 is 23.1 Å². The molecule has 0 aliphatic carbocycles. The van der Waals surface area contributed by atoms with Crippen LogP contribution >= 0.6 is 0 Å². The zero-order valence-electron chi connectivity index (χ0n) is 17.4. The fourth-order valence-electron chi connectivity index (χ4n) is 4.06. The Morgan fingerprint density at radius 2 is 1.90 bits per heavy atom. The Morgan fingerprint density at radius 1 is 1.17 bits per heavy atom. The van der Waals surface area contributed by atoms with E-state index in [1.807, 2.05) is 37.8 Å². The van der Waals surface area contributed by atoms with Crippen LogP contribution in [0.5, 0.6) is 0 Å². The van der Waals surface area contributed by atoms with Crippen LogP contribution in [0.4, 0.5) is 5.69 Å². The molecule has 1 fully saturated rings. The number of aryl methyl sites for hydroxylation is 3. The summed E-state index contributed by atoms with van der Waals surface area (Å²) in [4.78, 5) is 43.8. The molecular weight excluding hydrogens is 382 g/mol. The summed E-state index contributed by atoms with van der Waals surface area (Å²) in [6.45, 7) is 7.04. The van der Waals surface area contributed by atoms with E-state index >= 15 is 0 Å². The van der Waals surface area contributed by atoms with Gasteiger partial charge in [-0.25, -0.2) is 9.50 Å². The summed E-state index contributed by atoms with van der Waals surface area (Å²) < 4.78 is 1.59. The SMILES string of the molecule is Cc1cccc(C(=O)N2CCCC2)c1NC(=O)Cc1c(C)nc2cc(=O)[nH]n2c1C. The number of hydrogen-bond donors (Lipinski definition) is 2. The number of nitrogens with one attached hydrogen (secondary N) is 2. The van der Waals surface area contributed by atoms with Gasteiger partial charge in [-0.2, -0.15) is 0 Å². The Kier molecular flexibility index (Phi) is 5.15. The van der Waals surface area contributed by atoms with Gasteiger partial charge in [0.1, 0.15) is 0 Å². The molecule has 30 heavy (non-hydrogen) atoms. The Hall–Kier alpha value is -3.42. The fourth-order valence-corrected chi connectivity index (χ4v) is 4.06. The first-order chi connectivity index (χ1) is 14.3. The van der Waals surface area contributed by atoms with Crippen molar-refractivity contribution in [3.05, 3.63) is 62.7 Å². The van der Waals surface area contributed by atoms with E-state index in [1.165, 1.54) is 6.07 Å². The lowest BCUT2D eigenvalue weighted by Crippen LogP contribution is -2.29. The molecule has 2 aromatic heterocycles. The second-order valence-corrected chi connectivity index (χ2v) is 7.80. The Labute approximate surface area is 173 Å². The van der Waals surface area contributed by atoms with E-state index in [0.717, 1.165) is 42.8 Å². The molecular formula is C22H25N5O3. The van der Waals surface area contributed by atoms with Crippen molar-refractivity contribution in [1.29, 1.82) is 0 Å². The second-order valence-electron chi connectivity index (χ2n) is 7.80. The number of carbonyl (C=O) groups is 2. The number of aromatic nitrogens is 3. The first-order valence-electron chi connectivity index (χ1n) is 10.1. The highest BCUT2D eigenvalue weighted by Crippen LogP contribution is 2.24. The zero-order valence-corrected chi connectivity index (χ0v) is 17.4. The third kappa shape index (κ3) is 3.60. The number of anilines is 1. The monoisotopic (exact) mass is 407 g/mol. The Bertz CT molecular complexity index is 1200. The van der Waals surface area contributed by atoms with Crippen LogP contribution < -0.4 is 10.9 Å². The minimum atomic E-state index is -0.239. The van der Waals surface area contributed by atoms with Crippen LogP contribution in [0.1, 0.15) is 45.7 Å². The van der Waals surface area contributed by atoms with E-state index in [-0.39, 0.29) is 23.8 Å². The molecule has 3 aromatic rings. The van der Waals surface area contributed by atoms with Gasteiger partial charge in [-0.1, -0.05) is 12.1 Å². The molecule has 4 rings (SSSR count). The minimum Gasteiger partial charge on any atom is -0.339 e. The molecule has 1 aromatic carbocycles. The van der Waals surface area contributed by atoms with Crippen molar-refractivity contribution in [1.82, 2.24) is 19.5 Å². The van der Waals surface area contributed by atoms with Gasteiger partial charge in [-0.15, -0.1) is 0 Å². The van der Waals surface area contributed by atoms with Crippen molar-refractivity contribution in [2.45, 2.75) is 40.0 Å². The number of fused-ring (bicyclic) bond motifs is 1. The topological polar surface area (TPSA) is 99.6 Å². The van der Waals surface area contributed by atoms with E-state index in [0.29, 0.717) is 22.6 Å². The lowest BCUT2D eigenvalue weighted by Gasteiger charge is -2.19. The van der Waals surface area contributed by atoms with Gasteiger partial charge < -0.3 is 10.2 Å². The largest absolute Gasteiger partial charge is 0.339 e. The van der Waals surface area contributed by atoms with Crippen LogP contribution in [0.25, 0.3) is 5.65 Å². The summed E-state index contributed by atoms with van der Waals surface area (Å²) in [7, 11) is 0. The average Bonchev–Trinajstić information content (AvgIpc) is 3.36. The molecule has 1 aliphatic rings. The molecule has 8 heteroatoms. The maximum Gasteiger partial charge on any atom is 0.266 e. The lowest BCUT2D eigenvalue weighted by molar-refractivity contribution is -0.115. The molecule has 2 amide bonds. The highest BCUT2D eigenvalue weighted by atomic mass is 16.2. The van der Waals surface area contributed by atoms with Gasteiger partial charge >= 0.3 is 0 Å². The molecule has 1 aliphatic heterocycles. The summed E-state index contributed by atoms with van der Waals surface area (Å²) in [6, 6.07) is 6.90. The van der Waals surface area contributed by atoms with Crippen molar-refractivity contribution in [3.8, 4) is 0 Å². The third-order valence-corrected chi connectivity index (χ3v) is 5.70. The Balaban J connectivity index is 1.61. The minimum absolute atomic E-state index is 0.0492. The van der Waals surface area contributed by atoms with Gasteiger partial charge in [0.25, 0.3) is 11.5 Å². The van der Waals surface area contributed by atoms with Crippen molar-refractivity contribution < 1.29 is 9.59 Å². The van der Waals surface area contributed by atoms with Crippen LogP contribution in [-0.2, 0) is 11.2 Å². The average molecular weight is 407 g/mol. The second kappa shape index (κ2) is 7.78. The normalized spacial score (nSPS) is 13.8. The summed E-state index contributed by atoms with van der Waals surface area (Å²) in [5.74, 6) is -0.284. The molecule has 0 spiro atoms. The van der Waals surface area contributed by atoms with E-state index in [1.54, 1.807) is 10.6 Å². The van der Waals surface area contributed by atoms with Gasteiger partial charge in [-0.3, -0.25) is 19.5 Å². The number of benzene rings is 1. The van der Waals surface area contributed by atoms with Gasteiger partial charge in [0.15, 0.2) is 5.65 Å². The molecule has 0 unspecified atom stereocenters. The summed E-state index contributed by atoms with van der Waals surface area (Å²) in [5, 5.41) is 5.64. The number of carbonyl (C=O) groups excluding carboxylic acids is 2. The molecule has 8 nitrogen and oxygen atoms in total. The molecule has 2 N–H and O–H groups in total. The van der Waals surface area contributed by atoms with Crippen LogP contribution in [0, 0.1) is 20.8 Å². The van der Waals surface area contributed by atoms with Crippen LogP contribution in [-0.4, -0.2) is 44.4 Å². The summed E-state index contributed by atoms with van der Waals surface area (Å²) >= 11 is 0. The number of aromatic amines is 1. The lowest BCUT2D eigenvalue weighted by atomic mass is 10.0. The molecule has 0 saturated carbocycles. The quantitative estimate of drug-likeness (QED) is 0.693. The van der Waals surface area contributed by atoms with Gasteiger partial charge in [0, 0.05) is 36.1 Å². The number of amides is 2. The smallest absolute Gasteiger partial charge is 0.266 e. The standard InChI is InChI=1S/C22H25N5O3/c1-13-7-6-8-16(22(30)26-9-4-5-10-26)21(13)24-19(28)11-17-14(2)23-18-12-20(29)25-27(18)15(17)3/h6-8,12H,4-5,9-11H2,1-3H3,(H,24,28)(H,25,29). The fraction of sp³-hybridized carbons (Fsp3) is 0.364. The Morgan fingerprint density at radius 3 is 2.63 bits per heavy atom. The molecule has 156 valence electrons. The predicted molar refractivity (Wildman–Crippen MR) is 114 cm³/mol. The highest BCUT2D eigenvalue weighted by molar-refractivity contribution is 6.05. The molecule has 1 saturated heterocycles. The van der Waals surface area contributed by atoms with Crippen LogP contribution in [0.15, 0.2) is 29.1 Å². The van der Waals surface area contributed by atoms with Crippen molar-refractivity contribution in [2.75, 3.05) is 18.4 Å². The van der Waals surface area contributed by atoms with E-state index in [4.69, 9.17) is 0 Å². The van der Waals surface area contributed by atoms with Crippen LogP contribution in [0.2, 0.25) is 0 Å². The number of rotatable bonds is 4. The summed E-state index contributed by atoms with van der Waals surface area (Å²) in [5.41, 5.74) is 4.39. The first-order valence-corrected chi connectivity index (χ1v) is 10.1. The predicted octanol–water partition coefficient (Wildman–Crippen LogP) is 2.37. The van der Waals surface area contributed by atoms with Gasteiger partial charge in [0.05, 0.1) is 17.7 Å². The van der Waals surface area contributed by atoms with Crippen molar-refractivity contribution in [2.24, 2.45) is 0 Å². The van der Waals surface area contributed by atoms with Gasteiger partial charge in [-0.05, 0) is 45.2 Å². The number of hydrogen-bond acceptors (Lipinski definition) is 4. The third-order valence-electron chi connectivity index (χ3n) is 5.70. The highest BCUT2D eigenvalue weighted by Gasteiger charge is 2.24. The maximum atomic E-state index is 12.9. The molecule has 0 radical (unpaired) electrons. The van der Waals surface area contributed by atoms with E-state index in [9.17, 15) is 14.4 Å². The maximum absolute atomic E-state index is 12.9. The van der Waals surface area contributed by atoms with E-state index in [2.05, 4.69) is 15.4 Å². The molecule has 0 bridgehead atoms. The molecule has 0 atom stereocenters. The molecule has 3 heterocycles. The summed E-state index contributed by atoms with van der Waals surface area (Å²) in [6.07, 6.45) is 2.11. The number of para-hydroxylation sites is 1. The number of nitrogens with zero attached hydrogens (tertiary/aromatic N) is 3. The first kappa shape index (κ1) is 19.9. The van der Waals surface area contributed by atoms with Crippen LogP contribution in [0.3, 0.4) is 0 Å². The van der Waals surface area contributed by atoms with Gasteiger partial charge in [0.2, 0.25) is 5.91 Å².